The highest BCUT2D eigenvalue weighted by Gasteiger charge is 2.11. The molecule has 0 unspecified atom stereocenters. The highest BCUT2D eigenvalue weighted by molar-refractivity contribution is 6.06. The molecular weight excluding hydrogens is 278 g/mol. The highest BCUT2D eigenvalue weighted by atomic mass is 16.5. The molecule has 0 aliphatic carbocycles. The number of anilines is 3. The van der Waals surface area contributed by atoms with Crippen LogP contribution in [0.3, 0.4) is 0 Å². The largest absolute Gasteiger partial charge is 0.494 e. The Morgan fingerprint density at radius 2 is 2.00 bits per heavy atom. The zero-order chi connectivity index (χ0) is 16.1. The third kappa shape index (κ3) is 3.69. The van der Waals surface area contributed by atoms with Gasteiger partial charge in [-0.1, -0.05) is 6.07 Å². The molecule has 0 aromatic heterocycles. The third-order valence-corrected chi connectivity index (χ3v) is 3.16. The van der Waals surface area contributed by atoms with Crippen molar-refractivity contribution in [2.45, 2.75) is 6.92 Å². The van der Waals surface area contributed by atoms with Gasteiger partial charge in [0.2, 0.25) is 0 Å². The molecular formula is C17H21N3O2. The van der Waals surface area contributed by atoms with Crippen molar-refractivity contribution in [3.63, 3.8) is 0 Å². The number of hydrogen-bond acceptors (Lipinski definition) is 4. The number of rotatable bonds is 5. The lowest BCUT2D eigenvalue weighted by molar-refractivity contribution is 0.102. The van der Waals surface area contributed by atoms with E-state index in [1.165, 1.54) is 0 Å². The molecule has 0 saturated carbocycles. The second kappa shape index (κ2) is 6.85. The van der Waals surface area contributed by atoms with E-state index in [0.29, 0.717) is 29.3 Å². The van der Waals surface area contributed by atoms with Gasteiger partial charge in [-0.2, -0.15) is 0 Å². The summed E-state index contributed by atoms with van der Waals surface area (Å²) in [4.78, 5) is 14.4. The summed E-state index contributed by atoms with van der Waals surface area (Å²) in [5.74, 6) is 0.478. The van der Waals surface area contributed by atoms with Crippen molar-refractivity contribution in [1.82, 2.24) is 0 Å². The Morgan fingerprint density at radius 3 is 2.68 bits per heavy atom. The standard InChI is InChI=1S/C17H21N3O2/c1-4-22-14-7-5-6-12(10-14)17(21)19-15-11-13(18)8-9-16(15)20(2)3/h5-11H,4,18H2,1-3H3,(H,19,21). The number of benzene rings is 2. The monoisotopic (exact) mass is 299 g/mol. The van der Waals surface area contributed by atoms with E-state index in [2.05, 4.69) is 5.32 Å². The molecule has 0 fully saturated rings. The Kier molecular flexibility index (Phi) is 4.88. The topological polar surface area (TPSA) is 67.6 Å². The Morgan fingerprint density at radius 1 is 1.23 bits per heavy atom. The summed E-state index contributed by atoms with van der Waals surface area (Å²) in [6.45, 7) is 2.47. The zero-order valence-corrected chi connectivity index (χ0v) is 13.1. The molecule has 1 amide bonds. The summed E-state index contributed by atoms with van der Waals surface area (Å²) in [7, 11) is 3.83. The summed E-state index contributed by atoms with van der Waals surface area (Å²) in [6, 6.07) is 12.5. The first-order valence-corrected chi connectivity index (χ1v) is 7.12. The number of nitrogens with two attached hydrogens (primary N) is 1. The maximum atomic E-state index is 12.4. The van der Waals surface area contributed by atoms with Crippen LogP contribution in [-0.4, -0.2) is 26.6 Å². The van der Waals surface area contributed by atoms with Gasteiger partial charge >= 0.3 is 0 Å². The molecule has 0 bridgehead atoms. The van der Waals surface area contributed by atoms with Gasteiger partial charge < -0.3 is 20.7 Å². The molecule has 0 aliphatic heterocycles. The molecule has 0 radical (unpaired) electrons. The van der Waals surface area contributed by atoms with Crippen LogP contribution in [0.5, 0.6) is 5.75 Å². The van der Waals surface area contributed by atoms with Crippen molar-refractivity contribution in [2.24, 2.45) is 0 Å². The average molecular weight is 299 g/mol. The SMILES string of the molecule is CCOc1cccc(C(=O)Nc2cc(N)ccc2N(C)C)c1. The van der Waals surface area contributed by atoms with Crippen LogP contribution in [0.4, 0.5) is 17.1 Å². The molecule has 0 spiro atoms. The second-order valence-corrected chi connectivity index (χ2v) is 5.09. The Balaban J connectivity index is 2.25. The molecule has 0 saturated heterocycles. The number of hydrogen-bond donors (Lipinski definition) is 2. The van der Waals surface area contributed by atoms with E-state index < -0.39 is 0 Å². The Hall–Kier alpha value is -2.69. The van der Waals surface area contributed by atoms with E-state index in [4.69, 9.17) is 10.5 Å². The third-order valence-electron chi connectivity index (χ3n) is 3.16. The highest BCUT2D eigenvalue weighted by Crippen LogP contribution is 2.27. The molecule has 0 aliphatic rings. The van der Waals surface area contributed by atoms with Crippen molar-refractivity contribution >= 4 is 23.0 Å². The summed E-state index contributed by atoms with van der Waals surface area (Å²) in [6.07, 6.45) is 0. The van der Waals surface area contributed by atoms with E-state index in [1.807, 2.05) is 38.1 Å². The summed E-state index contributed by atoms with van der Waals surface area (Å²) in [5.41, 5.74) is 8.53. The van der Waals surface area contributed by atoms with Crippen LogP contribution in [0.15, 0.2) is 42.5 Å². The van der Waals surface area contributed by atoms with Crippen molar-refractivity contribution < 1.29 is 9.53 Å². The van der Waals surface area contributed by atoms with Crippen molar-refractivity contribution in [3.05, 3.63) is 48.0 Å². The molecule has 2 aromatic rings. The van der Waals surface area contributed by atoms with Gasteiger partial charge in [-0.3, -0.25) is 4.79 Å². The van der Waals surface area contributed by atoms with Gasteiger partial charge in [-0.05, 0) is 43.3 Å². The lowest BCUT2D eigenvalue weighted by Crippen LogP contribution is -2.17. The first kappa shape index (κ1) is 15.7. The van der Waals surface area contributed by atoms with E-state index in [9.17, 15) is 4.79 Å². The van der Waals surface area contributed by atoms with E-state index in [0.717, 1.165) is 5.69 Å². The predicted octanol–water partition coefficient (Wildman–Crippen LogP) is 2.99. The molecule has 22 heavy (non-hydrogen) atoms. The van der Waals surface area contributed by atoms with Gasteiger partial charge in [0, 0.05) is 25.3 Å². The molecule has 0 atom stereocenters. The minimum atomic E-state index is -0.199. The molecule has 116 valence electrons. The Bertz CT molecular complexity index is 669. The molecule has 5 heteroatoms. The number of nitrogens with one attached hydrogen (secondary N) is 1. The summed E-state index contributed by atoms with van der Waals surface area (Å²) >= 11 is 0. The number of amides is 1. The average Bonchev–Trinajstić information content (AvgIpc) is 2.47. The van der Waals surface area contributed by atoms with Crippen LogP contribution in [-0.2, 0) is 0 Å². The van der Waals surface area contributed by atoms with E-state index in [1.54, 1.807) is 30.3 Å². The minimum Gasteiger partial charge on any atom is -0.494 e. The van der Waals surface area contributed by atoms with Crippen molar-refractivity contribution in [2.75, 3.05) is 36.7 Å². The van der Waals surface area contributed by atoms with Gasteiger partial charge in [-0.25, -0.2) is 0 Å². The van der Waals surface area contributed by atoms with Gasteiger partial charge in [-0.15, -0.1) is 0 Å². The van der Waals surface area contributed by atoms with Crippen LogP contribution in [0, 0.1) is 0 Å². The van der Waals surface area contributed by atoms with E-state index >= 15 is 0 Å². The molecule has 2 rings (SSSR count). The maximum absolute atomic E-state index is 12.4. The van der Waals surface area contributed by atoms with Crippen LogP contribution in [0.2, 0.25) is 0 Å². The second-order valence-electron chi connectivity index (χ2n) is 5.09. The molecule has 2 aromatic carbocycles. The zero-order valence-electron chi connectivity index (χ0n) is 13.1. The Labute approximate surface area is 130 Å². The van der Waals surface area contributed by atoms with Gasteiger partial charge in [0.25, 0.3) is 5.91 Å². The van der Waals surface area contributed by atoms with Gasteiger partial charge in [0.1, 0.15) is 5.75 Å². The van der Waals surface area contributed by atoms with Gasteiger partial charge in [0.15, 0.2) is 0 Å². The fraction of sp³-hybridized carbons (Fsp3) is 0.235. The normalized spacial score (nSPS) is 10.1. The molecule has 3 N–H and O–H groups in total. The predicted molar refractivity (Wildman–Crippen MR) is 90.7 cm³/mol. The summed E-state index contributed by atoms with van der Waals surface area (Å²) in [5, 5.41) is 2.90. The smallest absolute Gasteiger partial charge is 0.255 e. The fourth-order valence-electron chi connectivity index (χ4n) is 2.13. The van der Waals surface area contributed by atoms with Crippen LogP contribution in [0.25, 0.3) is 0 Å². The van der Waals surface area contributed by atoms with Gasteiger partial charge in [0.05, 0.1) is 18.0 Å². The first-order chi connectivity index (χ1) is 10.5. The number of nitrogen functional groups attached to an aromatic ring is 1. The van der Waals surface area contributed by atoms with Crippen LogP contribution in [0.1, 0.15) is 17.3 Å². The molecule has 0 heterocycles. The van der Waals surface area contributed by atoms with E-state index in [-0.39, 0.29) is 5.91 Å². The molecule has 5 nitrogen and oxygen atoms in total. The number of carbonyl (C=O) groups is 1. The fourth-order valence-corrected chi connectivity index (χ4v) is 2.13. The van der Waals surface area contributed by atoms with Crippen molar-refractivity contribution in [1.29, 1.82) is 0 Å². The number of ether oxygens (including phenoxy) is 1. The minimum absolute atomic E-state index is 0.199. The quantitative estimate of drug-likeness (QED) is 0.833. The lowest BCUT2D eigenvalue weighted by Gasteiger charge is -2.18. The van der Waals surface area contributed by atoms with Crippen molar-refractivity contribution in [3.8, 4) is 5.75 Å². The lowest BCUT2D eigenvalue weighted by atomic mass is 10.1. The first-order valence-electron chi connectivity index (χ1n) is 7.12. The van der Waals surface area contributed by atoms with Crippen LogP contribution >= 0.6 is 0 Å². The summed E-state index contributed by atoms with van der Waals surface area (Å²) < 4.78 is 5.42. The maximum Gasteiger partial charge on any atom is 0.255 e. The number of nitrogens with zero attached hydrogens (tertiary/aromatic N) is 1. The van der Waals surface area contributed by atoms with Crippen LogP contribution < -0.4 is 20.7 Å². The number of carbonyl (C=O) groups excluding carboxylic acids is 1.